The Labute approximate surface area is 175 Å². The van der Waals surface area contributed by atoms with E-state index in [9.17, 15) is 45.5 Å². The van der Waals surface area contributed by atoms with Gasteiger partial charge in [-0.3, -0.25) is 19.2 Å². The Hall–Kier alpha value is -2.54. The molecule has 0 heterocycles. The number of carbonyl (C=O) groups excluding carboxylic acids is 4. The van der Waals surface area contributed by atoms with Gasteiger partial charge in [-0.25, -0.2) is 0 Å². The van der Waals surface area contributed by atoms with Crippen LogP contribution < -0.4 is 0 Å². The zero-order chi connectivity index (χ0) is 24.9. The Kier molecular flexibility index (Phi) is 9.34. The van der Waals surface area contributed by atoms with Gasteiger partial charge in [0.2, 0.25) is 11.8 Å². The summed E-state index contributed by atoms with van der Waals surface area (Å²) in [5, 5.41) is 0. The first-order chi connectivity index (χ1) is 13.7. The predicted octanol–water partition coefficient (Wildman–Crippen LogP) is 0.971. The summed E-state index contributed by atoms with van der Waals surface area (Å²) in [5.41, 5.74) is -1.73. The molecule has 0 aliphatic carbocycles. The van der Waals surface area contributed by atoms with Gasteiger partial charge < -0.3 is 19.6 Å². The summed E-state index contributed by atoms with van der Waals surface area (Å²) in [6.45, 7) is -0.231. The van der Waals surface area contributed by atoms with Gasteiger partial charge in [-0.05, 0) is 0 Å². The van der Waals surface area contributed by atoms with Gasteiger partial charge in [-0.1, -0.05) is 0 Å². The lowest BCUT2D eigenvalue weighted by molar-refractivity contribution is -0.188. The average molecular weight is 464 g/mol. The van der Waals surface area contributed by atoms with E-state index in [1.165, 1.54) is 14.1 Å². The maximum absolute atomic E-state index is 12.9. The number of nitrogens with zero attached hydrogens (tertiary/aromatic N) is 4. The highest BCUT2D eigenvalue weighted by Gasteiger charge is 2.48. The first-order valence-electron chi connectivity index (χ1n) is 8.81. The molecule has 180 valence electrons. The summed E-state index contributed by atoms with van der Waals surface area (Å²) >= 11 is 0. The fraction of sp³-hybridized carbons (Fsp3) is 0.765. The molecule has 0 radical (unpaired) electrons. The number of hydrogen-bond donors (Lipinski definition) is 0. The molecule has 0 aromatic rings. The second-order valence-corrected chi connectivity index (χ2v) is 7.57. The molecule has 4 amide bonds. The van der Waals surface area contributed by atoms with E-state index in [1.807, 2.05) is 0 Å². The molecule has 0 fully saturated rings. The van der Waals surface area contributed by atoms with Crippen molar-refractivity contribution in [1.29, 1.82) is 0 Å². The third-order valence-electron chi connectivity index (χ3n) is 4.54. The Bertz CT molecular complexity index is 637. The summed E-state index contributed by atoms with van der Waals surface area (Å²) in [6, 6.07) is 0. The first-order valence-corrected chi connectivity index (χ1v) is 8.81. The molecule has 14 heteroatoms. The Morgan fingerprint density at radius 3 is 0.968 bits per heavy atom. The summed E-state index contributed by atoms with van der Waals surface area (Å²) < 4.78 is 77.2. The van der Waals surface area contributed by atoms with E-state index in [0.717, 1.165) is 37.7 Å². The zero-order valence-corrected chi connectivity index (χ0v) is 18.0. The van der Waals surface area contributed by atoms with Crippen molar-refractivity contribution in [2.24, 2.45) is 5.41 Å². The molecule has 0 aromatic carbocycles. The van der Waals surface area contributed by atoms with Crippen LogP contribution in [-0.4, -0.2) is 110 Å². The molecule has 0 rings (SSSR count). The summed E-state index contributed by atoms with van der Waals surface area (Å²) in [4.78, 5) is 49.3. The molecule has 0 spiro atoms. The van der Waals surface area contributed by atoms with Crippen LogP contribution in [0.5, 0.6) is 0 Å². The number of carbonyl (C=O) groups is 4. The second kappa shape index (κ2) is 10.2. The average Bonchev–Trinajstić information content (AvgIpc) is 2.57. The van der Waals surface area contributed by atoms with E-state index < -0.39 is 67.6 Å². The quantitative estimate of drug-likeness (QED) is 0.502. The number of amides is 4. The zero-order valence-electron chi connectivity index (χ0n) is 18.0. The molecule has 0 unspecified atom stereocenters. The fourth-order valence-corrected chi connectivity index (χ4v) is 3.11. The van der Waals surface area contributed by atoms with Gasteiger partial charge in [0, 0.05) is 73.6 Å². The van der Waals surface area contributed by atoms with Gasteiger partial charge in [-0.2, -0.15) is 26.3 Å². The van der Waals surface area contributed by atoms with Gasteiger partial charge in [0.25, 0.3) is 0 Å². The van der Waals surface area contributed by atoms with E-state index in [1.54, 1.807) is 0 Å². The van der Waals surface area contributed by atoms with Gasteiger partial charge >= 0.3 is 24.2 Å². The first kappa shape index (κ1) is 28.5. The third-order valence-corrected chi connectivity index (χ3v) is 4.54. The van der Waals surface area contributed by atoms with E-state index >= 15 is 0 Å². The number of hydrogen-bond acceptors (Lipinski definition) is 4. The third kappa shape index (κ3) is 8.61. The molecule has 31 heavy (non-hydrogen) atoms. The highest BCUT2D eigenvalue weighted by molar-refractivity contribution is 5.82. The predicted molar refractivity (Wildman–Crippen MR) is 96.4 cm³/mol. The monoisotopic (exact) mass is 464 g/mol. The summed E-state index contributed by atoms with van der Waals surface area (Å²) in [6.07, 6.45) is -10.5. The Balaban J connectivity index is 6.34. The minimum absolute atomic E-state index is 0.244. The highest BCUT2D eigenvalue weighted by atomic mass is 19.4. The molecule has 0 atom stereocenters. The molecule has 0 saturated carbocycles. The number of halogens is 6. The van der Waals surface area contributed by atoms with Gasteiger partial charge in [0.05, 0.1) is 0 Å². The van der Waals surface area contributed by atoms with Gasteiger partial charge in [0.1, 0.15) is 0 Å². The molecular weight excluding hydrogens is 438 g/mol. The summed E-state index contributed by atoms with van der Waals surface area (Å²) in [7, 11) is 4.08. The van der Waals surface area contributed by atoms with Crippen LogP contribution in [0.4, 0.5) is 26.3 Å². The number of alkyl halides is 6. The van der Waals surface area contributed by atoms with E-state index in [-0.39, 0.29) is 9.80 Å². The van der Waals surface area contributed by atoms with E-state index in [0.29, 0.717) is 0 Å². The van der Waals surface area contributed by atoms with Crippen LogP contribution in [0.2, 0.25) is 0 Å². The van der Waals surface area contributed by atoms with Crippen molar-refractivity contribution in [1.82, 2.24) is 19.6 Å². The maximum atomic E-state index is 12.9. The van der Waals surface area contributed by atoms with E-state index in [2.05, 4.69) is 0 Å². The Morgan fingerprint density at radius 1 is 0.548 bits per heavy atom. The van der Waals surface area contributed by atoms with Crippen molar-refractivity contribution in [2.75, 3.05) is 54.4 Å². The summed E-state index contributed by atoms with van der Waals surface area (Å²) in [5.74, 6) is -5.66. The maximum Gasteiger partial charge on any atom is 0.471 e. The van der Waals surface area contributed by atoms with Gasteiger partial charge in [-0.15, -0.1) is 0 Å². The highest BCUT2D eigenvalue weighted by Crippen LogP contribution is 2.28. The van der Waals surface area contributed by atoms with Crippen LogP contribution in [-0.2, 0) is 19.2 Å². The van der Waals surface area contributed by atoms with Crippen LogP contribution in [0.3, 0.4) is 0 Å². The van der Waals surface area contributed by atoms with Crippen molar-refractivity contribution in [3.63, 3.8) is 0 Å². The number of rotatable bonds is 8. The van der Waals surface area contributed by atoms with Crippen LogP contribution in [0.25, 0.3) is 0 Å². The Morgan fingerprint density at radius 2 is 0.774 bits per heavy atom. The molecule has 0 bridgehead atoms. The molecular formula is C17H26F6N4O4. The van der Waals surface area contributed by atoms with Crippen LogP contribution in [0.1, 0.15) is 13.8 Å². The minimum Gasteiger partial charge on any atom is -0.345 e. The topological polar surface area (TPSA) is 81.2 Å². The van der Waals surface area contributed by atoms with Crippen molar-refractivity contribution < 1.29 is 45.5 Å². The molecule has 0 aliphatic heterocycles. The van der Waals surface area contributed by atoms with Crippen LogP contribution in [0.15, 0.2) is 0 Å². The molecule has 0 aromatic heterocycles. The second-order valence-electron chi connectivity index (χ2n) is 7.57. The van der Waals surface area contributed by atoms with Crippen molar-refractivity contribution in [2.45, 2.75) is 26.2 Å². The lowest BCUT2D eigenvalue weighted by Gasteiger charge is -2.43. The molecule has 0 saturated heterocycles. The standard InChI is InChI=1S/C17H26F6N4O4/c1-11(28)24(3)7-15(8-25(4)12(2)29,9-26(5)13(30)16(18,19)20)10-27(6)14(31)17(21,22)23/h7-10H2,1-6H3. The van der Waals surface area contributed by atoms with Crippen LogP contribution >= 0.6 is 0 Å². The lowest BCUT2D eigenvalue weighted by Crippen LogP contribution is -2.59. The molecule has 0 aliphatic rings. The molecule has 0 N–H and O–H groups in total. The van der Waals surface area contributed by atoms with Crippen molar-refractivity contribution in [3.8, 4) is 0 Å². The van der Waals surface area contributed by atoms with E-state index in [4.69, 9.17) is 0 Å². The largest absolute Gasteiger partial charge is 0.471 e. The molecule has 8 nitrogen and oxygen atoms in total. The fourth-order valence-electron chi connectivity index (χ4n) is 3.11. The SMILES string of the molecule is CC(=O)N(C)CC(CN(C)C(C)=O)(CN(C)C(=O)C(F)(F)F)CN(C)C(=O)C(F)(F)F. The lowest BCUT2D eigenvalue weighted by atomic mass is 9.84. The van der Waals surface area contributed by atoms with Crippen molar-refractivity contribution >= 4 is 23.6 Å². The van der Waals surface area contributed by atoms with Crippen LogP contribution in [0, 0.1) is 5.41 Å². The normalized spacial score (nSPS) is 12.3. The smallest absolute Gasteiger partial charge is 0.345 e. The van der Waals surface area contributed by atoms with Crippen molar-refractivity contribution in [3.05, 3.63) is 0 Å². The van der Waals surface area contributed by atoms with Gasteiger partial charge in [0.15, 0.2) is 0 Å². The minimum atomic E-state index is -5.26.